The molecule has 21 heavy (non-hydrogen) atoms. The number of hydrogen-bond acceptors (Lipinski definition) is 5. The fourth-order valence-electron chi connectivity index (χ4n) is 1.81. The zero-order chi connectivity index (χ0) is 15.3. The first-order valence-electron chi connectivity index (χ1n) is 6.59. The molecule has 0 spiro atoms. The zero-order valence-corrected chi connectivity index (χ0v) is 12.9. The highest BCUT2D eigenvalue weighted by atomic mass is 32.2. The molecule has 7 nitrogen and oxygen atoms in total. The molecule has 0 saturated carbocycles. The second kappa shape index (κ2) is 6.79. The van der Waals surface area contributed by atoms with E-state index in [1.165, 1.54) is 6.33 Å². The van der Waals surface area contributed by atoms with Gasteiger partial charge in [0.15, 0.2) is 0 Å². The lowest BCUT2D eigenvalue weighted by molar-refractivity contribution is 0.577. The Morgan fingerprint density at radius 2 is 1.95 bits per heavy atom. The summed E-state index contributed by atoms with van der Waals surface area (Å²) in [4.78, 5) is 0.248. The molecule has 0 saturated heterocycles. The van der Waals surface area contributed by atoms with Crippen LogP contribution < -0.4 is 10.0 Å². The standard InChI is InChI=1S/C13H19N5O2S/c1-14-8-7-11-3-5-12(6-4-11)21(19,20)16-9-13-17-15-10-18(13)2/h3-6,10,14,16H,7-9H2,1-2H3. The van der Waals surface area contributed by atoms with Crippen LogP contribution in [0.2, 0.25) is 0 Å². The first-order chi connectivity index (χ1) is 10.0. The van der Waals surface area contributed by atoms with E-state index in [0.29, 0.717) is 5.82 Å². The normalized spacial score (nSPS) is 11.7. The van der Waals surface area contributed by atoms with Gasteiger partial charge in [-0.05, 0) is 37.7 Å². The molecule has 0 radical (unpaired) electrons. The van der Waals surface area contributed by atoms with Crippen molar-refractivity contribution in [3.63, 3.8) is 0 Å². The van der Waals surface area contributed by atoms with Gasteiger partial charge in [0.25, 0.3) is 0 Å². The average molecular weight is 309 g/mol. The Bertz CT molecular complexity index is 679. The Hall–Kier alpha value is -1.77. The molecule has 1 heterocycles. The van der Waals surface area contributed by atoms with Crippen molar-refractivity contribution in [2.75, 3.05) is 13.6 Å². The largest absolute Gasteiger partial charge is 0.320 e. The molecular formula is C13H19N5O2S. The monoisotopic (exact) mass is 309 g/mol. The van der Waals surface area contributed by atoms with Crippen LogP contribution in [-0.4, -0.2) is 36.8 Å². The van der Waals surface area contributed by atoms with Crippen molar-refractivity contribution >= 4 is 10.0 Å². The minimum Gasteiger partial charge on any atom is -0.320 e. The Kier molecular flexibility index (Phi) is 5.05. The van der Waals surface area contributed by atoms with Gasteiger partial charge < -0.3 is 9.88 Å². The Balaban J connectivity index is 2.03. The van der Waals surface area contributed by atoms with Crippen LogP contribution in [0.1, 0.15) is 11.4 Å². The summed E-state index contributed by atoms with van der Waals surface area (Å²) in [6.45, 7) is 0.969. The SMILES string of the molecule is CNCCc1ccc(S(=O)(=O)NCc2nncn2C)cc1. The van der Waals surface area contributed by atoms with Gasteiger partial charge in [-0.25, -0.2) is 13.1 Å². The van der Waals surface area contributed by atoms with E-state index in [4.69, 9.17) is 0 Å². The minimum absolute atomic E-state index is 0.111. The van der Waals surface area contributed by atoms with Gasteiger partial charge in [-0.15, -0.1) is 10.2 Å². The molecule has 8 heteroatoms. The van der Waals surface area contributed by atoms with Gasteiger partial charge >= 0.3 is 0 Å². The van der Waals surface area contributed by atoms with Crippen LogP contribution in [0, 0.1) is 0 Å². The van der Waals surface area contributed by atoms with Crippen molar-refractivity contribution < 1.29 is 8.42 Å². The zero-order valence-electron chi connectivity index (χ0n) is 12.1. The number of hydrogen-bond donors (Lipinski definition) is 2. The lowest BCUT2D eigenvalue weighted by Crippen LogP contribution is -2.24. The van der Waals surface area contributed by atoms with Crippen molar-refractivity contribution in [3.8, 4) is 0 Å². The van der Waals surface area contributed by atoms with Gasteiger partial charge in [0.05, 0.1) is 11.4 Å². The van der Waals surface area contributed by atoms with Crippen LogP contribution in [0.4, 0.5) is 0 Å². The summed E-state index contributed by atoms with van der Waals surface area (Å²) in [5.74, 6) is 0.559. The lowest BCUT2D eigenvalue weighted by atomic mass is 10.1. The third-order valence-corrected chi connectivity index (χ3v) is 4.54. The molecule has 1 aromatic carbocycles. The molecule has 0 fully saturated rings. The molecule has 0 aliphatic heterocycles. The molecule has 1 aromatic heterocycles. The summed E-state index contributed by atoms with van der Waals surface area (Å²) >= 11 is 0. The third kappa shape index (κ3) is 4.10. The van der Waals surface area contributed by atoms with Crippen LogP contribution in [0.3, 0.4) is 0 Å². The minimum atomic E-state index is -3.54. The molecule has 0 amide bonds. The first-order valence-corrected chi connectivity index (χ1v) is 8.07. The fourth-order valence-corrected chi connectivity index (χ4v) is 2.79. The van der Waals surface area contributed by atoms with E-state index in [9.17, 15) is 8.42 Å². The average Bonchev–Trinajstić information content (AvgIpc) is 2.89. The number of benzene rings is 1. The molecule has 2 aromatic rings. The molecule has 0 aliphatic carbocycles. The van der Waals surface area contributed by atoms with E-state index >= 15 is 0 Å². The number of aromatic nitrogens is 3. The summed E-state index contributed by atoms with van der Waals surface area (Å²) in [7, 11) is 0.111. The van der Waals surface area contributed by atoms with Crippen molar-refractivity contribution in [3.05, 3.63) is 42.0 Å². The molecular weight excluding hydrogens is 290 g/mol. The maximum absolute atomic E-state index is 12.2. The van der Waals surface area contributed by atoms with Gasteiger partial charge in [-0.2, -0.15) is 0 Å². The number of sulfonamides is 1. The van der Waals surface area contributed by atoms with Crippen LogP contribution in [0.15, 0.2) is 35.5 Å². The van der Waals surface area contributed by atoms with E-state index in [-0.39, 0.29) is 11.4 Å². The molecule has 0 bridgehead atoms. The second-order valence-corrected chi connectivity index (χ2v) is 6.45. The predicted molar refractivity (Wildman–Crippen MR) is 79.1 cm³/mol. The number of nitrogens with zero attached hydrogens (tertiary/aromatic N) is 3. The van der Waals surface area contributed by atoms with Crippen molar-refractivity contribution in [1.29, 1.82) is 0 Å². The quantitative estimate of drug-likeness (QED) is 0.755. The first kappa shape index (κ1) is 15.6. The Labute approximate surface area is 124 Å². The van der Waals surface area contributed by atoms with Gasteiger partial charge in [0.2, 0.25) is 10.0 Å². The summed E-state index contributed by atoms with van der Waals surface area (Å²) in [5.41, 5.74) is 1.09. The van der Waals surface area contributed by atoms with E-state index in [1.54, 1.807) is 23.7 Å². The Morgan fingerprint density at radius 1 is 1.24 bits per heavy atom. The summed E-state index contributed by atoms with van der Waals surface area (Å²) in [6, 6.07) is 6.89. The highest BCUT2D eigenvalue weighted by Gasteiger charge is 2.14. The van der Waals surface area contributed by atoms with Gasteiger partial charge in [-0.1, -0.05) is 12.1 Å². The molecule has 0 unspecified atom stereocenters. The number of aryl methyl sites for hydroxylation is 1. The van der Waals surface area contributed by atoms with E-state index in [0.717, 1.165) is 18.5 Å². The lowest BCUT2D eigenvalue weighted by Gasteiger charge is -2.07. The smallest absolute Gasteiger partial charge is 0.240 e. The van der Waals surface area contributed by atoms with Crippen LogP contribution in [-0.2, 0) is 30.0 Å². The maximum Gasteiger partial charge on any atom is 0.240 e. The summed E-state index contributed by atoms with van der Waals surface area (Å²) in [5, 5.41) is 10.6. The highest BCUT2D eigenvalue weighted by Crippen LogP contribution is 2.11. The Morgan fingerprint density at radius 3 is 2.52 bits per heavy atom. The van der Waals surface area contributed by atoms with Crippen LogP contribution in [0.25, 0.3) is 0 Å². The highest BCUT2D eigenvalue weighted by molar-refractivity contribution is 7.89. The third-order valence-electron chi connectivity index (χ3n) is 3.12. The molecule has 2 rings (SSSR count). The van der Waals surface area contributed by atoms with Gasteiger partial charge in [0, 0.05) is 7.05 Å². The fraction of sp³-hybridized carbons (Fsp3) is 0.385. The number of rotatable bonds is 7. The van der Waals surface area contributed by atoms with E-state index in [2.05, 4.69) is 20.2 Å². The van der Waals surface area contributed by atoms with Crippen molar-refractivity contribution in [2.24, 2.45) is 7.05 Å². The van der Waals surface area contributed by atoms with Gasteiger partial charge in [-0.3, -0.25) is 0 Å². The topological polar surface area (TPSA) is 88.9 Å². The van der Waals surface area contributed by atoms with Crippen LogP contribution in [0.5, 0.6) is 0 Å². The van der Waals surface area contributed by atoms with E-state index in [1.807, 2.05) is 19.2 Å². The molecule has 0 atom stereocenters. The summed E-state index contributed by atoms with van der Waals surface area (Å²) in [6.07, 6.45) is 2.39. The van der Waals surface area contributed by atoms with Crippen molar-refractivity contribution in [1.82, 2.24) is 24.8 Å². The van der Waals surface area contributed by atoms with E-state index < -0.39 is 10.0 Å². The summed E-state index contributed by atoms with van der Waals surface area (Å²) < 4.78 is 28.6. The predicted octanol–water partition coefficient (Wildman–Crippen LogP) is 0.0555. The van der Waals surface area contributed by atoms with Crippen molar-refractivity contribution in [2.45, 2.75) is 17.9 Å². The maximum atomic E-state index is 12.2. The molecule has 2 N–H and O–H groups in total. The van der Waals surface area contributed by atoms with Gasteiger partial charge in [0.1, 0.15) is 12.2 Å². The molecule has 0 aliphatic rings. The second-order valence-electron chi connectivity index (χ2n) is 4.68. The molecule has 114 valence electrons. The number of likely N-dealkylation sites (N-methyl/N-ethyl adjacent to an activating group) is 1. The van der Waals surface area contributed by atoms with Crippen LogP contribution >= 0.6 is 0 Å². The number of nitrogens with one attached hydrogen (secondary N) is 2.